The Morgan fingerprint density at radius 1 is 1.14 bits per heavy atom. The molecule has 1 aliphatic rings. The van der Waals surface area contributed by atoms with Crippen LogP contribution in [0.2, 0.25) is 0 Å². The normalized spacial score (nSPS) is 17.1. The third-order valence-electron chi connectivity index (χ3n) is 4.51. The second-order valence-corrected chi connectivity index (χ2v) is 6.36. The first-order chi connectivity index (χ1) is 10.6. The van der Waals surface area contributed by atoms with Gasteiger partial charge in [0.15, 0.2) is 0 Å². The monoisotopic (exact) mass is 295 g/mol. The van der Waals surface area contributed by atoms with Crippen LogP contribution in [0.1, 0.15) is 34.6 Å². The maximum Gasteiger partial charge on any atom is 0.123 e. The van der Waals surface area contributed by atoms with Gasteiger partial charge in [0.25, 0.3) is 0 Å². The van der Waals surface area contributed by atoms with Crippen LogP contribution >= 0.6 is 0 Å². The molecule has 0 N–H and O–H groups in total. The first kappa shape index (κ1) is 15.0. The summed E-state index contributed by atoms with van der Waals surface area (Å²) in [5.74, 6) is 0.212. The van der Waals surface area contributed by atoms with Crippen LogP contribution < -0.4 is 0 Å². The highest BCUT2D eigenvalue weighted by Crippen LogP contribution is 2.39. The number of benzene rings is 2. The van der Waals surface area contributed by atoms with E-state index in [1.165, 1.54) is 11.1 Å². The topological polar surface area (TPSA) is 3.24 Å². The average Bonchev–Trinajstić information content (AvgIpc) is 2.61. The zero-order valence-electron chi connectivity index (χ0n) is 13.3. The van der Waals surface area contributed by atoms with Gasteiger partial charge in [-0.2, -0.15) is 0 Å². The minimum absolute atomic E-state index is 0.189. The van der Waals surface area contributed by atoms with Crippen LogP contribution in [0, 0.1) is 5.82 Å². The van der Waals surface area contributed by atoms with Gasteiger partial charge in [-0.3, -0.25) is 0 Å². The zero-order valence-corrected chi connectivity index (χ0v) is 13.3. The molecule has 22 heavy (non-hydrogen) atoms. The fourth-order valence-corrected chi connectivity index (χ4v) is 3.33. The van der Waals surface area contributed by atoms with Gasteiger partial charge in [-0.1, -0.05) is 36.9 Å². The summed E-state index contributed by atoms with van der Waals surface area (Å²) in [6, 6.07) is 13.5. The number of fused-ring (bicyclic) bond motifs is 2. The van der Waals surface area contributed by atoms with E-state index in [2.05, 4.69) is 43.8 Å². The van der Waals surface area contributed by atoms with E-state index < -0.39 is 0 Å². The Bertz CT molecular complexity index is 703. The molecule has 0 saturated carbocycles. The summed E-state index contributed by atoms with van der Waals surface area (Å²) in [7, 11) is 4.18. The Labute approximate surface area is 132 Å². The molecule has 0 heterocycles. The van der Waals surface area contributed by atoms with Crippen molar-refractivity contribution in [3.63, 3.8) is 0 Å². The number of nitrogens with zero attached hydrogens (tertiary/aromatic N) is 1. The number of hydrogen-bond donors (Lipinski definition) is 0. The molecule has 1 nitrogen and oxygen atoms in total. The second-order valence-electron chi connectivity index (χ2n) is 6.36. The Morgan fingerprint density at radius 3 is 2.68 bits per heavy atom. The predicted octanol–water partition coefficient (Wildman–Crippen LogP) is 4.48. The Kier molecular flexibility index (Phi) is 4.12. The maximum atomic E-state index is 13.8. The van der Waals surface area contributed by atoms with Gasteiger partial charge in [0.1, 0.15) is 5.82 Å². The number of halogens is 1. The number of rotatable bonds is 3. The molecule has 2 heteroatoms. The van der Waals surface area contributed by atoms with E-state index in [-0.39, 0.29) is 5.82 Å². The smallest absolute Gasteiger partial charge is 0.123 e. The van der Waals surface area contributed by atoms with E-state index in [1.54, 1.807) is 12.1 Å². The molecule has 3 rings (SSSR count). The summed E-state index contributed by atoms with van der Waals surface area (Å²) < 4.78 is 13.8. The summed E-state index contributed by atoms with van der Waals surface area (Å²) in [6.45, 7) is 5.27. The van der Waals surface area contributed by atoms with E-state index in [1.807, 2.05) is 12.1 Å². The molecule has 0 spiro atoms. The van der Waals surface area contributed by atoms with Gasteiger partial charge in [0.2, 0.25) is 0 Å². The lowest BCUT2D eigenvalue weighted by atomic mass is 9.88. The zero-order chi connectivity index (χ0) is 15.7. The van der Waals surface area contributed by atoms with Gasteiger partial charge < -0.3 is 4.90 Å². The molecule has 114 valence electrons. The van der Waals surface area contributed by atoms with Gasteiger partial charge in [-0.25, -0.2) is 4.39 Å². The van der Waals surface area contributed by atoms with Crippen LogP contribution in [-0.2, 0) is 6.42 Å². The molecule has 0 saturated heterocycles. The van der Waals surface area contributed by atoms with Crippen molar-refractivity contribution in [2.24, 2.45) is 0 Å². The SMILES string of the molecule is C=C1c2ccccc2CC(CCN(C)C)c2ccc(F)cc21. The molecular weight excluding hydrogens is 273 g/mol. The molecule has 2 aromatic carbocycles. The summed E-state index contributed by atoms with van der Waals surface area (Å²) in [5.41, 5.74) is 5.60. The van der Waals surface area contributed by atoms with Crippen LogP contribution in [0.3, 0.4) is 0 Å². The van der Waals surface area contributed by atoms with Crippen molar-refractivity contribution in [3.8, 4) is 0 Å². The highest BCUT2D eigenvalue weighted by Gasteiger charge is 2.24. The number of hydrogen-bond acceptors (Lipinski definition) is 1. The summed E-state index contributed by atoms with van der Waals surface area (Å²) in [6.07, 6.45) is 2.05. The third kappa shape index (κ3) is 2.84. The molecule has 0 fully saturated rings. The third-order valence-corrected chi connectivity index (χ3v) is 4.51. The predicted molar refractivity (Wildman–Crippen MR) is 90.6 cm³/mol. The van der Waals surface area contributed by atoms with Crippen molar-refractivity contribution in [1.29, 1.82) is 0 Å². The molecular formula is C20H22FN. The van der Waals surface area contributed by atoms with Gasteiger partial charge >= 0.3 is 0 Å². The van der Waals surface area contributed by atoms with E-state index in [0.29, 0.717) is 5.92 Å². The Balaban J connectivity index is 2.09. The van der Waals surface area contributed by atoms with E-state index in [9.17, 15) is 4.39 Å². The van der Waals surface area contributed by atoms with Gasteiger partial charge in [0.05, 0.1) is 0 Å². The lowest BCUT2D eigenvalue weighted by molar-refractivity contribution is 0.380. The van der Waals surface area contributed by atoms with Gasteiger partial charge in [0, 0.05) is 0 Å². The highest BCUT2D eigenvalue weighted by atomic mass is 19.1. The molecule has 0 aliphatic heterocycles. The van der Waals surface area contributed by atoms with Crippen LogP contribution in [0.4, 0.5) is 4.39 Å². The van der Waals surface area contributed by atoms with E-state index in [0.717, 1.165) is 36.1 Å². The van der Waals surface area contributed by atoms with Crippen LogP contribution in [-0.4, -0.2) is 25.5 Å². The summed E-state index contributed by atoms with van der Waals surface area (Å²) in [5, 5.41) is 0. The van der Waals surface area contributed by atoms with E-state index in [4.69, 9.17) is 0 Å². The first-order valence-electron chi connectivity index (χ1n) is 7.78. The Morgan fingerprint density at radius 2 is 1.91 bits per heavy atom. The average molecular weight is 295 g/mol. The second kappa shape index (κ2) is 6.05. The molecule has 0 aromatic heterocycles. The first-order valence-corrected chi connectivity index (χ1v) is 7.78. The van der Waals surface area contributed by atoms with Crippen molar-refractivity contribution >= 4 is 5.57 Å². The largest absolute Gasteiger partial charge is 0.309 e. The molecule has 1 unspecified atom stereocenters. The van der Waals surface area contributed by atoms with Gasteiger partial charge in [-0.05, 0) is 79.4 Å². The lowest BCUT2D eigenvalue weighted by Crippen LogP contribution is -2.17. The minimum atomic E-state index is -0.189. The molecule has 1 atom stereocenters. The maximum absolute atomic E-state index is 13.8. The molecule has 0 amide bonds. The quantitative estimate of drug-likeness (QED) is 0.807. The molecule has 0 bridgehead atoms. The van der Waals surface area contributed by atoms with Crippen molar-refractivity contribution in [2.45, 2.75) is 18.8 Å². The fraction of sp³-hybridized carbons (Fsp3) is 0.300. The summed E-state index contributed by atoms with van der Waals surface area (Å²) >= 11 is 0. The van der Waals surface area contributed by atoms with Crippen LogP contribution in [0.15, 0.2) is 49.0 Å². The molecule has 0 radical (unpaired) electrons. The Hall–Kier alpha value is -1.93. The summed E-state index contributed by atoms with van der Waals surface area (Å²) in [4.78, 5) is 2.20. The lowest BCUT2D eigenvalue weighted by Gasteiger charge is -2.20. The van der Waals surface area contributed by atoms with Crippen LogP contribution in [0.25, 0.3) is 5.57 Å². The molecule has 1 aliphatic carbocycles. The van der Waals surface area contributed by atoms with Gasteiger partial charge in [-0.15, -0.1) is 0 Å². The standard InChI is InChI=1S/C20H22FN/c1-14-18-7-5-4-6-15(18)12-16(10-11-22(2)3)19-9-8-17(21)13-20(14)19/h4-9,13,16H,1,10-12H2,2-3H3. The highest BCUT2D eigenvalue weighted by molar-refractivity contribution is 5.82. The minimum Gasteiger partial charge on any atom is -0.309 e. The van der Waals surface area contributed by atoms with Crippen molar-refractivity contribution in [3.05, 3.63) is 77.1 Å². The van der Waals surface area contributed by atoms with E-state index >= 15 is 0 Å². The van der Waals surface area contributed by atoms with Crippen molar-refractivity contribution in [2.75, 3.05) is 20.6 Å². The van der Waals surface area contributed by atoms with Crippen LogP contribution in [0.5, 0.6) is 0 Å². The fourth-order valence-electron chi connectivity index (χ4n) is 3.33. The van der Waals surface area contributed by atoms with Crippen molar-refractivity contribution in [1.82, 2.24) is 4.90 Å². The van der Waals surface area contributed by atoms with Crippen molar-refractivity contribution < 1.29 is 4.39 Å². The molecule has 2 aromatic rings.